The molecule has 0 bridgehead atoms. The van der Waals surface area contributed by atoms with E-state index in [9.17, 15) is 20.6 Å². The van der Waals surface area contributed by atoms with Gasteiger partial charge in [0.05, 0.1) is 32.0 Å². The van der Waals surface area contributed by atoms with Crippen molar-refractivity contribution in [1.29, 1.82) is 5.26 Å². The predicted octanol–water partition coefficient (Wildman–Crippen LogP) is 4.60. The third kappa shape index (κ3) is 9.41. The number of para-hydroxylation sites is 1. The maximum absolute atomic E-state index is 9.99. The van der Waals surface area contributed by atoms with E-state index in [4.69, 9.17) is 4.74 Å². The summed E-state index contributed by atoms with van der Waals surface area (Å²) >= 11 is 1.62. The number of pyridine rings is 1. The van der Waals surface area contributed by atoms with Crippen molar-refractivity contribution in [3.05, 3.63) is 59.7 Å². The normalized spacial score (nSPS) is 12.0. The Balaban J connectivity index is 1.92. The maximum atomic E-state index is 9.99. The first-order chi connectivity index (χ1) is 19.9. The molecule has 0 amide bonds. The molecule has 3 rings (SSSR count). The van der Waals surface area contributed by atoms with E-state index < -0.39 is 6.10 Å². The number of methoxy groups -OCH3 is 1. The Morgan fingerprint density at radius 1 is 1.07 bits per heavy atom. The van der Waals surface area contributed by atoms with Crippen LogP contribution in [0.5, 0.6) is 5.75 Å². The Bertz CT molecular complexity index is 1330. The van der Waals surface area contributed by atoms with Crippen LogP contribution in [0.2, 0.25) is 0 Å². The lowest BCUT2D eigenvalue weighted by Gasteiger charge is -2.19. The first kappa shape index (κ1) is 31.8. The molecular formula is C29H37N7O4S. The van der Waals surface area contributed by atoms with Crippen LogP contribution in [0.4, 0.5) is 28.7 Å². The lowest BCUT2D eigenvalue weighted by molar-refractivity contribution is 0.167. The van der Waals surface area contributed by atoms with Gasteiger partial charge in [0.2, 0.25) is 0 Å². The number of thioether (sulfide) groups is 1. The fourth-order valence-electron chi connectivity index (χ4n) is 3.92. The number of ether oxygens (including phenoxy) is 1. The summed E-state index contributed by atoms with van der Waals surface area (Å²) in [4.78, 5) is 7.60. The third-order valence-electron chi connectivity index (χ3n) is 6.04. The van der Waals surface area contributed by atoms with Gasteiger partial charge in [0, 0.05) is 48.1 Å². The number of aliphatic hydroxyl groups is 3. The Labute approximate surface area is 244 Å². The van der Waals surface area contributed by atoms with E-state index in [0.717, 1.165) is 16.3 Å². The van der Waals surface area contributed by atoms with Gasteiger partial charge in [-0.2, -0.15) is 5.26 Å². The Hall–Kier alpha value is -3.73. The molecule has 0 radical (unpaired) electrons. The third-order valence-corrected chi connectivity index (χ3v) is 7.02. The van der Waals surface area contributed by atoms with E-state index in [1.807, 2.05) is 53.4 Å². The van der Waals surface area contributed by atoms with Crippen molar-refractivity contribution in [2.24, 2.45) is 10.2 Å². The zero-order valence-corrected chi connectivity index (χ0v) is 24.4. The Morgan fingerprint density at radius 2 is 1.80 bits per heavy atom. The molecule has 5 N–H and O–H groups in total. The fourth-order valence-corrected chi connectivity index (χ4v) is 4.87. The molecule has 1 unspecified atom stereocenters. The van der Waals surface area contributed by atoms with Gasteiger partial charge in [-0.05, 0) is 44.2 Å². The molecule has 12 heteroatoms. The number of azo groups is 1. The molecule has 0 saturated heterocycles. The van der Waals surface area contributed by atoms with Crippen molar-refractivity contribution >= 4 is 40.5 Å². The van der Waals surface area contributed by atoms with Gasteiger partial charge in [0.1, 0.15) is 23.2 Å². The summed E-state index contributed by atoms with van der Waals surface area (Å²) < 4.78 is 5.51. The highest BCUT2D eigenvalue weighted by Gasteiger charge is 2.18. The van der Waals surface area contributed by atoms with Crippen LogP contribution in [0.15, 0.2) is 63.7 Å². The number of nitrogens with one attached hydrogen (secondary N) is 2. The van der Waals surface area contributed by atoms with E-state index in [0.29, 0.717) is 59.5 Å². The fraction of sp³-hybridized carbons (Fsp3) is 0.379. The number of nitriles is 1. The summed E-state index contributed by atoms with van der Waals surface area (Å²) in [6, 6.07) is 17.3. The van der Waals surface area contributed by atoms with E-state index in [1.165, 1.54) is 0 Å². The summed E-state index contributed by atoms with van der Waals surface area (Å²) in [6.07, 6.45) is -0.637. The predicted molar refractivity (Wildman–Crippen MR) is 162 cm³/mol. The van der Waals surface area contributed by atoms with Crippen molar-refractivity contribution < 1.29 is 20.1 Å². The van der Waals surface area contributed by atoms with Gasteiger partial charge in [0.15, 0.2) is 11.6 Å². The van der Waals surface area contributed by atoms with Gasteiger partial charge in [-0.3, -0.25) is 4.90 Å². The van der Waals surface area contributed by atoms with E-state index in [2.05, 4.69) is 31.9 Å². The van der Waals surface area contributed by atoms with Crippen LogP contribution in [-0.4, -0.2) is 83.6 Å². The quantitative estimate of drug-likeness (QED) is 0.120. The molecule has 1 aromatic heterocycles. The molecule has 3 aromatic rings. The first-order valence-corrected chi connectivity index (χ1v) is 14.2. The standard InChI is InChI=1S/C29H37N7O4S/c1-20(39)19-31-29-27(21(2)24(18-30)28(33-29)32-22-7-5-4-6-8-22)35-34-25-17-23(9-10-26(25)40-3)41-16-13-36(11-14-37)12-15-38/h4-10,17,20,37-39H,11-16,19H2,1-3H3,(H2,31,32,33). The van der Waals surface area contributed by atoms with Crippen molar-refractivity contribution in [3.63, 3.8) is 0 Å². The number of benzene rings is 2. The average molecular weight is 580 g/mol. The second-order valence-electron chi connectivity index (χ2n) is 9.16. The molecule has 41 heavy (non-hydrogen) atoms. The summed E-state index contributed by atoms with van der Waals surface area (Å²) in [7, 11) is 1.56. The summed E-state index contributed by atoms with van der Waals surface area (Å²) in [5.74, 6) is 2.03. The lowest BCUT2D eigenvalue weighted by atomic mass is 10.1. The molecule has 0 aliphatic carbocycles. The molecular weight excluding hydrogens is 542 g/mol. The number of nitrogens with zero attached hydrogens (tertiary/aromatic N) is 5. The zero-order chi connectivity index (χ0) is 29.6. The monoisotopic (exact) mass is 579 g/mol. The largest absolute Gasteiger partial charge is 0.494 e. The highest BCUT2D eigenvalue weighted by atomic mass is 32.2. The van der Waals surface area contributed by atoms with Crippen LogP contribution >= 0.6 is 11.8 Å². The second-order valence-corrected chi connectivity index (χ2v) is 10.3. The Kier molecular flexibility index (Phi) is 12.8. The van der Waals surface area contributed by atoms with Crippen LogP contribution in [-0.2, 0) is 0 Å². The highest BCUT2D eigenvalue weighted by molar-refractivity contribution is 7.99. The number of hydrogen-bond acceptors (Lipinski definition) is 12. The van der Waals surface area contributed by atoms with Crippen LogP contribution in [0.1, 0.15) is 18.1 Å². The molecule has 0 aliphatic rings. The van der Waals surface area contributed by atoms with Gasteiger partial charge in [-0.1, -0.05) is 18.2 Å². The second kappa shape index (κ2) is 16.5. The number of rotatable bonds is 16. The molecule has 1 atom stereocenters. The van der Waals surface area contributed by atoms with Crippen LogP contribution in [0.3, 0.4) is 0 Å². The molecule has 218 valence electrons. The van der Waals surface area contributed by atoms with Gasteiger partial charge in [-0.15, -0.1) is 22.0 Å². The van der Waals surface area contributed by atoms with Crippen LogP contribution in [0.25, 0.3) is 0 Å². The minimum Gasteiger partial charge on any atom is -0.494 e. The molecule has 0 fully saturated rings. The number of aliphatic hydroxyl groups excluding tert-OH is 3. The SMILES string of the molecule is COc1ccc(SCCN(CCO)CCO)cc1N=Nc1c(NCC(C)O)nc(Nc2ccccc2)c(C#N)c1C. The van der Waals surface area contributed by atoms with E-state index in [-0.39, 0.29) is 19.8 Å². The highest BCUT2D eigenvalue weighted by Crippen LogP contribution is 2.38. The summed E-state index contributed by atoms with van der Waals surface area (Å²) in [5, 5.41) is 53.7. The Morgan fingerprint density at radius 3 is 2.44 bits per heavy atom. The lowest BCUT2D eigenvalue weighted by Crippen LogP contribution is -2.31. The number of aromatic nitrogens is 1. The van der Waals surface area contributed by atoms with Gasteiger partial charge < -0.3 is 30.7 Å². The molecule has 0 saturated carbocycles. The summed E-state index contributed by atoms with van der Waals surface area (Å²) in [5.41, 5.74) is 2.57. The smallest absolute Gasteiger partial charge is 0.156 e. The minimum atomic E-state index is -0.637. The summed E-state index contributed by atoms with van der Waals surface area (Å²) in [6.45, 7) is 5.47. The first-order valence-electron chi connectivity index (χ1n) is 13.3. The molecule has 11 nitrogen and oxygen atoms in total. The van der Waals surface area contributed by atoms with Crippen molar-refractivity contribution in [1.82, 2.24) is 9.88 Å². The maximum Gasteiger partial charge on any atom is 0.156 e. The van der Waals surface area contributed by atoms with Gasteiger partial charge in [0.25, 0.3) is 0 Å². The van der Waals surface area contributed by atoms with Crippen LogP contribution in [0, 0.1) is 18.3 Å². The number of anilines is 3. The van der Waals surface area contributed by atoms with Crippen molar-refractivity contribution in [2.45, 2.75) is 24.8 Å². The van der Waals surface area contributed by atoms with Crippen molar-refractivity contribution in [2.75, 3.05) is 62.9 Å². The topological polar surface area (TPSA) is 159 Å². The molecule has 1 heterocycles. The number of hydrogen-bond donors (Lipinski definition) is 5. The van der Waals surface area contributed by atoms with Crippen LogP contribution < -0.4 is 15.4 Å². The van der Waals surface area contributed by atoms with Gasteiger partial charge in [-0.25, -0.2) is 4.98 Å². The minimum absolute atomic E-state index is 0.0386. The average Bonchev–Trinajstić information content (AvgIpc) is 2.96. The molecule has 0 aliphatic heterocycles. The van der Waals surface area contributed by atoms with E-state index in [1.54, 1.807) is 32.7 Å². The van der Waals surface area contributed by atoms with Crippen molar-refractivity contribution in [3.8, 4) is 11.8 Å². The molecule has 0 spiro atoms. The van der Waals surface area contributed by atoms with E-state index >= 15 is 0 Å². The zero-order valence-electron chi connectivity index (χ0n) is 23.5. The molecule has 2 aromatic carbocycles. The van der Waals surface area contributed by atoms with Gasteiger partial charge >= 0.3 is 0 Å².